The van der Waals surface area contributed by atoms with Crippen LogP contribution >= 0.6 is 11.6 Å². The summed E-state index contributed by atoms with van der Waals surface area (Å²) in [6, 6.07) is 8.55. The summed E-state index contributed by atoms with van der Waals surface area (Å²) >= 11 is 6.15. The maximum atomic E-state index is 6.15. The van der Waals surface area contributed by atoms with E-state index in [1.165, 1.54) is 24.8 Å². The third-order valence-corrected chi connectivity index (χ3v) is 3.66. The first-order valence-corrected chi connectivity index (χ1v) is 6.12. The molecule has 2 N–H and O–H groups in total. The smallest absolute Gasteiger partial charge is 0.0438 e. The molecule has 2 rings (SSSR count). The van der Waals surface area contributed by atoms with Crippen molar-refractivity contribution in [2.75, 3.05) is 0 Å². The van der Waals surface area contributed by atoms with Gasteiger partial charge in [-0.1, -0.05) is 42.6 Å². The van der Waals surface area contributed by atoms with Crippen molar-refractivity contribution < 1.29 is 0 Å². The summed E-state index contributed by atoms with van der Waals surface area (Å²) in [6.07, 6.45) is 6.02. The van der Waals surface area contributed by atoms with E-state index in [9.17, 15) is 0 Å². The van der Waals surface area contributed by atoms with Crippen LogP contribution < -0.4 is 5.73 Å². The Balaban J connectivity index is 1.99. The van der Waals surface area contributed by atoms with Gasteiger partial charge in [-0.2, -0.15) is 0 Å². The van der Waals surface area contributed by atoms with Gasteiger partial charge in [-0.05, 0) is 36.8 Å². The molecule has 1 aliphatic carbocycles. The van der Waals surface area contributed by atoms with Crippen LogP contribution in [0.2, 0.25) is 5.02 Å². The number of nitrogens with two attached hydrogens (primary N) is 1. The predicted octanol–water partition coefficient (Wildman–Crippen LogP) is 3.40. The fraction of sp³-hybridized carbons (Fsp3) is 0.538. The summed E-state index contributed by atoms with van der Waals surface area (Å²) in [5.41, 5.74) is 7.26. The average molecular weight is 224 g/mol. The lowest BCUT2D eigenvalue weighted by Gasteiger charge is -2.26. The monoisotopic (exact) mass is 223 g/mol. The highest BCUT2D eigenvalue weighted by molar-refractivity contribution is 6.31. The molecule has 0 saturated heterocycles. The van der Waals surface area contributed by atoms with Gasteiger partial charge in [0.1, 0.15) is 0 Å². The van der Waals surface area contributed by atoms with Gasteiger partial charge in [0.05, 0.1) is 0 Å². The van der Waals surface area contributed by atoms with Crippen LogP contribution in [0.25, 0.3) is 0 Å². The first-order valence-electron chi connectivity index (χ1n) is 5.74. The number of halogens is 1. The molecule has 2 unspecified atom stereocenters. The van der Waals surface area contributed by atoms with E-state index in [2.05, 4.69) is 12.1 Å². The summed E-state index contributed by atoms with van der Waals surface area (Å²) in [4.78, 5) is 0. The minimum absolute atomic E-state index is 0.409. The average Bonchev–Trinajstić information content (AvgIpc) is 2.22. The highest BCUT2D eigenvalue weighted by Gasteiger charge is 2.19. The molecule has 1 aliphatic rings. The van der Waals surface area contributed by atoms with Gasteiger partial charge >= 0.3 is 0 Å². The van der Waals surface area contributed by atoms with E-state index in [0.717, 1.165) is 23.8 Å². The fourth-order valence-corrected chi connectivity index (χ4v) is 2.71. The molecular formula is C13H18ClN. The number of hydrogen-bond donors (Lipinski definition) is 1. The lowest BCUT2D eigenvalue weighted by molar-refractivity contribution is 0.321. The van der Waals surface area contributed by atoms with Crippen molar-refractivity contribution in [2.24, 2.45) is 11.7 Å². The zero-order chi connectivity index (χ0) is 10.7. The van der Waals surface area contributed by atoms with E-state index < -0.39 is 0 Å². The van der Waals surface area contributed by atoms with Gasteiger partial charge in [0.2, 0.25) is 0 Å². The van der Waals surface area contributed by atoms with Gasteiger partial charge in [-0.3, -0.25) is 0 Å². The lowest BCUT2D eigenvalue weighted by Crippen LogP contribution is -2.28. The minimum Gasteiger partial charge on any atom is -0.328 e. The fourth-order valence-electron chi connectivity index (χ4n) is 2.49. The molecule has 0 aliphatic heterocycles. The SMILES string of the molecule is NC1CCCC(Cc2ccccc2Cl)C1. The molecule has 82 valence electrons. The minimum atomic E-state index is 0.409. The summed E-state index contributed by atoms with van der Waals surface area (Å²) in [5, 5.41) is 0.900. The van der Waals surface area contributed by atoms with E-state index in [4.69, 9.17) is 17.3 Å². The molecule has 0 bridgehead atoms. The van der Waals surface area contributed by atoms with E-state index in [0.29, 0.717) is 6.04 Å². The molecule has 0 aromatic heterocycles. The maximum Gasteiger partial charge on any atom is 0.0438 e. The first kappa shape index (κ1) is 11.0. The molecule has 2 heteroatoms. The second-order valence-corrected chi connectivity index (χ2v) is 5.00. The summed E-state index contributed by atoms with van der Waals surface area (Å²) in [7, 11) is 0. The van der Waals surface area contributed by atoms with Crippen molar-refractivity contribution in [1.82, 2.24) is 0 Å². The third-order valence-electron chi connectivity index (χ3n) is 3.29. The second-order valence-electron chi connectivity index (χ2n) is 4.59. The van der Waals surface area contributed by atoms with Gasteiger partial charge in [-0.15, -0.1) is 0 Å². The Bertz CT molecular complexity index is 324. The van der Waals surface area contributed by atoms with Crippen molar-refractivity contribution >= 4 is 11.6 Å². The molecule has 1 fully saturated rings. The summed E-state index contributed by atoms with van der Waals surface area (Å²) < 4.78 is 0. The van der Waals surface area contributed by atoms with Crippen LogP contribution in [0.4, 0.5) is 0 Å². The highest BCUT2D eigenvalue weighted by atomic mass is 35.5. The molecule has 1 aromatic rings. The molecule has 0 spiro atoms. The van der Waals surface area contributed by atoms with Gasteiger partial charge < -0.3 is 5.73 Å². The van der Waals surface area contributed by atoms with Gasteiger partial charge in [0.25, 0.3) is 0 Å². The largest absolute Gasteiger partial charge is 0.328 e. The Kier molecular flexibility index (Phi) is 3.66. The van der Waals surface area contributed by atoms with Crippen LogP contribution in [0.15, 0.2) is 24.3 Å². The summed E-state index contributed by atoms with van der Waals surface area (Å²) in [6.45, 7) is 0. The standard InChI is InChI=1S/C13H18ClN/c14-13-7-2-1-5-11(13)8-10-4-3-6-12(15)9-10/h1-2,5,7,10,12H,3-4,6,8-9,15H2. The van der Waals surface area contributed by atoms with Crippen molar-refractivity contribution in [1.29, 1.82) is 0 Å². The quantitative estimate of drug-likeness (QED) is 0.817. The normalized spacial score (nSPS) is 26.5. The molecule has 1 aromatic carbocycles. The van der Waals surface area contributed by atoms with Gasteiger partial charge in [0.15, 0.2) is 0 Å². The van der Waals surface area contributed by atoms with Crippen LogP contribution in [-0.4, -0.2) is 6.04 Å². The van der Waals surface area contributed by atoms with Crippen LogP contribution in [0.1, 0.15) is 31.2 Å². The molecule has 0 radical (unpaired) electrons. The Morgan fingerprint density at radius 2 is 2.07 bits per heavy atom. The number of benzene rings is 1. The summed E-state index contributed by atoms with van der Waals surface area (Å²) in [5.74, 6) is 0.730. The molecule has 1 nitrogen and oxygen atoms in total. The zero-order valence-electron chi connectivity index (χ0n) is 8.95. The van der Waals surface area contributed by atoms with E-state index in [1.54, 1.807) is 0 Å². The molecule has 15 heavy (non-hydrogen) atoms. The van der Waals surface area contributed by atoms with Gasteiger partial charge in [-0.25, -0.2) is 0 Å². The predicted molar refractivity (Wildman–Crippen MR) is 65.1 cm³/mol. The second kappa shape index (κ2) is 5.00. The van der Waals surface area contributed by atoms with E-state index in [-0.39, 0.29) is 0 Å². The number of hydrogen-bond acceptors (Lipinski definition) is 1. The van der Waals surface area contributed by atoms with Crippen LogP contribution in [0.3, 0.4) is 0 Å². The Hall–Kier alpha value is -0.530. The van der Waals surface area contributed by atoms with Crippen molar-refractivity contribution in [3.63, 3.8) is 0 Å². The topological polar surface area (TPSA) is 26.0 Å². The van der Waals surface area contributed by atoms with E-state index in [1.807, 2.05) is 12.1 Å². The zero-order valence-corrected chi connectivity index (χ0v) is 9.71. The van der Waals surface area contributed by atoms with Gasteiger partial charge in [0, 0.05) is 11.1 Å². The Labute approximate surface area is 96.6 Å². The molecule has 2 atom stereocenters. The van der Waals surface area contributed by atoms with Crippen LogP contribution in [-0.2, 0) is 6.42 Å². The van der Waals surface area contributed by atoms with Crippen molar-refractivity contribution in [3.8, 4) is 0 Å². The molecule has 0 heterocycles. The van der Waals surface area contributed by atoms with Crippen LogP contribution in [0.5, 0.6) is 0 Å². The molecular weight excluding hydrogens is 206 g/mol. The Morgan fingerprint density at radius 1 is 1.27 bits per heavy atom. The maximum absolute atomic E-state index is 6.15. The lowest BCUT2D eigenvalue weighted by atomic mass is 9.82. The first-order chi connectivity index (χ1) is 7.25. The van der Waals surface area contributed by atoms with Crippen LogP contribution in [0, 0.1) is 5.92 Å². The third kappa shape index (κ3) is 2.96. The molecule has 1 saturated carbocycles. The van der Waals surface area contributed by atoms with E-state index >= 15 is 0 Å². The van der Waals surface area contributed by atoms with Crippen molar-refractivity contribution in [3.05, 3.63) is 34.9 Å². The van der Waals surface area contributed by atoms with Crippen molar-refractivity contribution in [2.45, 2.75) is 38.1 Å². The Morgan fingerprint density at radius 3 is 2.80 bits per heavy atom. The highest BCUT2D eigenvalue weighted by Crippen LogP contribution is 2.28. The molecule has 0 amide bonds. The number of rotatable bonds is 2.